The number of amides is 1. The Bertz CT molecular complexity index is 620. The van der Waals surface area contributed by atoms with Gasteiger partial charge in [0.15, 0.2) is 0 Å². The van der Waals surface area contributed by atoms with Gasteiger partial charge >= 0.3 is 0 Å². The van der Waals surface area contributed by atoms with Crippen molar-refractivity contribution in [2.24, 2.45) is 0 Å². The summed E-state index contributed by atoms with van der Waals surface area (Å²) < 4.78 is 0. The van der Waals surface area contributed by atoms with Crippen molar-refractivity contribution in [3.63, 3.8) is 0 Å². The molecule has 0 aromatic heterocycles. The van der Waals surface area contributed by atoms with Crippen molar-refractivity contribution >= 4 is 17.5 Å². The van der Waals surface area contributed by atoms with E-state index < -0.39 is 0 Å². The Balaban J connectivity index is 1.82. The van der Waals surface area contributed by atoms with E-state index in [0.29, 0.717) is 13.0 Å². The second kappa shape index (κ2) is 7.28. The van der Waals surface area contributed by atoms with Gasteiger partial charge in [-0.25, -0.2) is 0 Å². The average Bonchev–Trinajstić information content (AvgIpc) is 2.45. The van der Waals surface area contributed by atoms with Gasteiger partial charge in [0.1, 0.15) is 0 Å². The molecular formula is C18H20ClNO. The zero-order chi connectivity index (χ0) is 15.2. The van der Waals surface area contributed by atoms with Crippen LogP contribution in [-0.4, -0.2) is 12.5 Å². The smallest absolute Gasteiger partial charge is 0.224 e. The fourth-order valence-electron chi connectivity index (χ4n) is 2.22. The number of nitrogens with one attached hydrogen (secondary N) is 1. The molecule has 3 heteroatoms. The van der Waals surface area contributed by atoms with E-state index in [0.717, 1.165) is 22.6 Å². The topological polar surface area (TPSA) is 29.1 Å². The van der Waals surface area contributed by atoms with Crippen LogP contribution in [0.3, 0.4) is 0 Å². The number of rotatable bonds is 5. The van der Waals surface area contributed by atoms with Gasteiger partial charge in [-0.15, -0.1) is 0 Å². The largest absolute Gasteiger partial charge is 0.355 e. The lowest BCUT2D eigenvalue weighted by Crippen LogP contribution is -2.27. The number of hydrogen-bond donors (Lipinski definition) is 1. The van der Waals surface area contributed by atoms with E-state index in [4.69, 9.17) is 11.6 Å². The van der Waals surface area contributed by atoms with Crippen LogP contribution in [0, 0.1) is 13.8 Å². The van der Waals surface area contributed by atoms with Gasteiger partial charge in [0.05, 0.1) is 6.42 Å². The molecule has 0 radical (unpaired) electrons. The van der Waals surface area contributed by atoms with Crippen molar-refractivity contribution < 1.29 is 4.79 Å². The van der Waals surface area contributed by atoms with Crippen LogP contribution in [0.2, 0.25) is 5.02 Å². The lowest BCUT2D eigenvalue weighted by atomic mass is 10.0. The van der Waals surface area contributed by atoms with Gasteiger partial charge < -0.3 is 5.32 Å². The van der Waals surface area contributed by atoms with Crippen LogP contribution < -0.4 is 5.32 Å². The molecule has 0 heterocycles. The third-order valence-corrected chi connectivity index (χ3v) is 3.76. The SMILES string of the molecule is Cc1ccc(C)c(CC(=O)NCCc2ccc(Cl)cc2)c1. The molecular weight excluding hydrogens is 282 g/mol. The number of hydrogen-bond acceptors (Lipinski definition) is 1. The van der Waals surface area contributed by atoms with Crippen molar-refractivity contribution in [2.75, 3.05) is 6.54 Å². The Morgan fingerprint density at radius 3 is 2.52 bits per heavy atom. The van der Waals surface area contributed by atoms with Crippen LogP contribution in [0.15, 0.2) is 42.5 Å². The Hall–Kier alpha value is -1.80. The standard InChI is InChI=1S/C18H20ClNO/c1-13-3-4-14(2)16(11-13)12-18(21)20-10-9-15-5-7-17(19)8-6-15/h3-8,11H,9-10,12H2,1-2H3,(H,20,21). The van der Waals surface area contributed by atoms with Crippen LogP contribution in [-0.2, 0) is 17.6 Å². The van der Waals surface area contributed by atoms with Crippen molar-refractivity contribution in [3.8, 4) is 0 Å². The molecule has 21 heavy (non-hydrogen) atoms. The molecule has 0 spiro atoms. The van der Waals surface area contributed by atoms with Crippen molar-refractivity contribution in [1.29, 1.82) is 0 Å². The molecule has 1 amide bonds. The predicted molar refractivity (Wildman–Crippen MR) is 87.8 cm³/mol. The summed E-state index contributed by atoms with van der Waals surface area (Å²) in [7, 11) is 0. The molecule has 0 fully saturated rings. The minimum atomic E-state index is 0.0673. The van der Waals surface area contributed by atoms with E-state index in [1.54, 1.807) is 0 Å². The minimum Gasteiger partial charge on any atom is -0.355 e. The molecule has 0 atom stereocenters. The first-order chi connectivity index (χ1) is 10.0. The number of benzene rings is 2. The summed E-state index contributed by atoms with van der Waals surface area (Å²) in [6.07, 6.45) is 1.25. The number of aryl methyl sites for hydroxylation is 2. The zero-order valence-electron chi connectivity index (χ0n) is 12.4. The highest BCUT2D eigenvalue weighted by atomic mass is 35.5. The first-order valence-electron chi connectivity index (χ1n) is 7.12. The van der Waals surface area contributed by atoms with E-state index in [1.807, 2.05) is 38.1 Å². The van der Waals surface area contributed by atoms with Crippen LogP contribution in [0.5, 0.6) is 0 Å². The number of carbonyl (C=O) groups excluding carboxylic acids is 1. The van der Waals surface area contributed by atoms with Gasteiger partial charge in [-0.05, 0) is 49.1 Å². The number of carbonyl (C=O) groups is 1. The fourth-order valence-corrected chi connectivity index (χ4v) is 2.35. The fraction of sp³-hybridized carbons (Fsp3) is 0.278. The monoisotopic (exact) mass is 301 g/mol. The predicted octanol–water partition coefficient (Wildman–Crippen LogP) is 3.86. The lowest BCUT2D eigenvalue weighted by Gasteiger charge is -2.08. The molecule has 2 aromatic rings. The van der Waals surface area contributed by atoms with Crippen molar-refractivity contribution in [1.82, 2.24) is 5.32 Å². The Labute approximate surface area is 131 Å². The van der Waals surface area contributed by atoms with Gasteiger partial charge in [0, 0.05) is 11.6 Å². The molecule has 0 saturated heterocycles. The minimum absolute atomic E-state index is 0.0673. The molecule has 0 aliphatic rings. The third kappa shape index (κ3) is 4.91. The lowest BCUT2D eigenvalue weighted by molar-refractivity contribution is -0.120. The van der Waals surface area contributed by atoms with Crippen molar-refractivity contribution in [2.45, 2.75) is 26.7 Å². The van der Waals surface area contributed by atoms with E-state index >= 15 is 0 Å². The quantitative estimate of drug-likeness (QED) is 0.893. The molecule has 0 aliphatic heterocycles. The molecule has 2 rings (SSSR count). The zero-order valence-corrected chi connectivity index (χ0v) is 13.2. The van der Waals surface area contributed by atoms with Crippen LogP contribution >= 0.6 is 11.6 Å². The first kappa shape index (κ1) is 15.6. The normalized spacial score (nSPS) is 10.4. The summed E-state index contributed by atoms with van der Waals surface area (Å²) in [5, 5.41) is 3.70. The summed E-state index contributed by atoms with van der Waals surface area (Å²) >= 11 is 5.84. The molecule has 110 valence electrons. The van der Waals surface area contributed by atoms with Gasteiger partial charge in [-0.3, -0.25) is 4.79 Å². The van der Waals surface area contributed by atoms with Gasteiger partial charge in [-0.1, -0.05) is 47.5 Å². The van der Waals surface area contributed by atoms with Crippen LogP contribution in [0.25, 0.3) is 0 Å². The molecule has 0 saturated carbocycles. The molecule has 1 N–H and O–H groups in total. The maximum absolute atomic E-state index is 12.0. The van der Waals surface area contributed by atoms with Crippen LogP contribution in [0.1, 0.15) is 22.3 Å². The summed E-state index contributed by atoms with van der Waals surface area (Å²) in [5.41, 5.74) is 4.61. The van der Waals surface area contributed by atoms with Gasteiger partial charge in [0.2, 0.25) is 5.91 Å². The Kier molecular flexibility index (Phi) is 5.40. The van der Waals surface area contributed by atoms with E-state index in [-0.39, 0.29) is 5.91 Å². The molecule has 2 aromatic carbocycles. The summed E-state index contributed by atoms with van der Waals surface area (Å²) in [6.45, 7) is 4.72. The summed E-state index contributed by atoms with van der Waals surface area (Å²) in [4.78, 5) is 12.0. The van der Waals surface area contributed by atoms with Gasteiger partial charge in [0.25, 0.3) is 0 Å². The van der Waals surface area contributed by atoms with Crippen LogP contribution in [0.4, 0.5) is 0 Å². The number of halogens is 1. The summed E-state index contributed by atoms with van der Waals surface area (Å²) in [6, 6.07) is 13.9. The highest BCUT2D eigenvalue weighted by molar-refractivity contribution is 6.30. The maximum atomic E-state index is 12.0. The molecule has 0 bridgehead atoms. The molecule has 2 nitrogen and oxygen atoms in total. The molecule has 0 aliphatic carbocycles. The highest BCUT2D eigenvalue weighted by Gasteiger charge is 2.06. The Morgan fingerprint density at radius 2 is 1.81 bits per heavy atom. The average molecular weight is 302 g/mol. The van der Waals surface area contributed by atoms with E-state index in [2.05, 4.69) is 23.5 Å². The van der Waals surface area contributed by atoms with E-state index in [1.165, 1.54) is 11.1 Å². The maximum Gasteiger partial charge on any atom is 0.224 e. The van der Waals surface area contributed by atoms with E-state index in [9.17, 15) is 4.79 Å². The second-order valence-corrected chi connectivity index (χ2v) is 5.77. The second-order valence-electron chi connectivity index (χ2n) is 5.33. The Morgan fingerprint density at radius 1 is 1.10 bits per heavy atom. The van der Waals surface area contributed by atoms with Crippen molar-refractivity contribution in [3.05, 3.63) is 69.7 Å². The molecule has 0 unspecified atom stereocenters. The highest BCUT2D eigenvalue weighted by Crippen LogP contribution is 2.12. The first-order valence-corrected chi connectivity index (χ1v) is 7.49. The van der Waals surface area contributed by atoms with Gasteiger partial charge in [-0.2, -0.15) is 0 Å². The summed E-state index contributed by atoms with van der Waals surface area (Å²) in [5.74, 6) is 0.0673. The third-order valence-electron chi connectivity index (χ3n) is 3.50.